The molecule has 1 aliphatic heterocycles. The van der Waals surface area contributed by atoms with Crippen LogP contribution >= 0.6 is 11.6 Å². The van der Waals surface area contributed by atoms with Crippen molar-refractivity contribution in [2.24, 2.45) is 0 Å². The Morgan fingerprint density at radius 2 is 2.03 bits per heavy atom. The first-order valence-corrected chi connectivity index (χ1v) is 10.5. The Bertz CT molecular complexity index is 1110. The molecule has 0 aliphatic carbocycles. The molecule has 3 aromatic rings. The van der Waals surface area contributed by atoms with Gasteiger partial charge in [0, 0.05) is 36.9 Å². The van der Waals surface area contributed by atoms with Crippen LogP contribution in [0.5, 0.6) is 0 Å². The number of nitrogens with zero attached hydrogens (tertiary/aromatic N) is 4. The molecule has 2 N–H and O–H groups in total. The number of ether oxygens (including phenoxy) is 1. The molecule has 1 aliphatic rings. The Kier molecular flexibility index (Phi) is 6.77. The third kappa shape index (κ3) is 5.20. The summed E-state index contributed by atoms with van der Waals surface area (Å²) in [5, 5.41) is 16.8. The number of nitrogens with one attached hydrogen (secondary N) is 2. The molecule has 9 heteroatoms. The fraction of sp³-hybridized carbons (Fsp3) is 0.318. The quantitative estimate of drug-likeness (QED) is 0.533. The van der Waals surface area contributed by atoms with Gasteiger partial charge in [0.05, 0.1) is 41.2 Å². The Balaban J connectivity index is 1.52. The van der Waals surface area contributed by atoms with Gasteiger partial charge >= 0.3 is 0 Å². The first-order valence-electron chi connectivity index (χ1n) is 10.1. The molecule has 4 rings (SSSR count). The van der Waals surface area contributed by atoms with Gasteiger partial charge in [-0.05, 0) is 37.2 Å². The maximum Gasteiger partial charge on any atom is 0.141 e. The second kappa shape index (κ2) is 9.88. The number of benzene rings is 1. The van der Waals surface area contributed by atoms with Gasteiger partial charge in [0.1, 0.15) is 17.7 Å². The van der Waals surface area contributed by atoms with Crippen LogP contribution in [0, 0.1) is 17.1 Å². The van der Waals surface area contributed by atoms with Crippen molar-refractivity contribution < 1.29 is 9.13 Å². The molecule has 0 amide bonds. The van der Waals surface area contributed by atoms with Crippen LogP contribution in [0.3, 0.4) is 0 Å². The summed E-state index contributed by atoms with van der Waals surface area (Å²) < 4.78 is 18.9. The molecule has 2 aromatic heterocycles. The molecule has 1 saturated heterocycles. The van der Waals surface area contributed by atoms with E-state index in [1.165, 1.54) is 18.3 Å². The van der Waals surface area contributed by atoms with Gasteiger partial charge in [-0.3, -0.25) is 9.88 Å². The Morgan fingerprint density at radius 1 is 1.19 bits per heavy atom. The van der Waals surface area contributed by atoms with Crippen LogP contribution < -0.4 is 10.6 Å². The highest BCUT2D eigenvalue weighted by molar-refractivity contribution is 6.31. The van der Waals surface area contributed by atoms with Crippen LogP contribution in [-0.2, 0) is 4.74 Å². The summed E-state index contributed by atoms with van der Waals surface area (Å²) in [6, 6.07) is 8.35. The summed E-state index contributed by atoms with van der Waals surface area (Å²) in [7, 11) is 0. The molecule has 0 radical (unpaired) electrons. The van der Waals surface area contributed by atoms with Crippen molar-refractivity contribution in [2.75, 3.05) is 50.0 Å². The van der Waals surface area contributed by atoms with Gasteiger partial charge < -0.3 is 15.4 Å². The van der Waals surface area contributed by atoms with Crippen LogP contribution in [-0.4, -0.2) is 54.3 Å². The second-order valence-corrected chi connectivity index (χ2v) is 7.64. The molecular formula is C22H22ClFN6O. The molecule has 31 heavy (non-hydrogen) atoms. The minimum atomic E-state index is -0.500. The third-order valence-corrected chi connectivity index (χ3v) is 5.41. The third-order valence-electron chi connectivity index (χ3n) is 5.12. The largest absolute Gasteiger partial charge is 0.379 e. The van der Waals surface area contributed by atoms with E-state index in [0.29, 0.717) is 28.3 Å². The molecule has 0 unspecified atom stereocenters. The van der Waals surface area contributed by atoms with E-state index >= 15 is 0 Å². The first kappa shape index (κ1) is 21.2. The monoisotopic (exact) mass is 440 g/mol. The summed E-state index contributed by atoms with van der Waals surface area (Å²) in [5.41, 5.74) is 2.17. The standard InChI is InChI=1S/C22H22ClFN6O/c23-18-10-16(2-3-19(18)24)29-22-15(12-25)13-27-20-14-28-21(11-17(20)22)26-4-1-5-30-6-8-31-9-7-30/h2-3,10-11,13-14H,1,4-9H2,(H,26,28)(H,27,29). The lowest BCUT2D eigenvalue weighted by Crippen LogP contribution is -2.37. The van der Waals surface area contributed by atoms with Gasteiger partial charge in [0.25, 0.3) is 0 Å². The van der Waals surface area contributed by atoms with Crippen molar-refractivity contribution in [2.45, 2.75) is 6.42 Å². The van der Waals surface area contributed by atoms with E-state index in [4.69, 9.17) is 16.3 Å². The van der Waals surface area contributed by atoms with E-state index in [2.05, 4.69) is 31.6 Å². The van der Waals surface area contributed by atoms with E-state index in [0.717, 1.165) is 51.2 Å². The van der Waals surface area contributed by atoms with E-state index < -0.39 is 5.82 Å². The van der Waals surface area contributed by atoms with Crippen molar-refractivity contribution >= 4 is 39.7 Å². The van der Waals surface area contributed by atoms with Crippen LogP contribution in [0.15, 0.2) is 36.7 Å². The minimum absolute atomic E-state index is 0.00570. The fourth-order valence-electron chi connectivity index (χ4n) is 3.47. The molecule has 0 spiro atoms. The average Bonchev–Trinajstić information content (AvgIpc) is 2.80. The minimum Gasteiger partial charge on any atom is -0.379 e. The summed E-state index contributed by atoms with van der Waals surface area (Å²) in [4.78, 5) is 11.1. The van der Waals surface area contributed by atoms with Gasteiger partial charge in [-0.2, -0.15) is 5.26 Å². The number of aromatic nitrogens is 2. The summed E-state index contributed by atoms with van der Waals surface area (Å²) >= 11 is 5.90. The summed E-state index contributed by atoms with van der Waals surface area (Å²) in [6.45, 7) is 5.31. The van der Waals surface area contributed by atoms with E-state index in [1.54, 1.807) is 12.3 Å². The highest BCUT2D eigenvalue weighted by Gasteiger charge is 2.13. The van der Waals surface area contributed by atoms with Crippen molar-refractivity contribution in [3.8, 4) is 6.07 Å². The molecule has 0 atom stereocenters. The number of anilines is 3. The van der Waals surface area contributed by atoms with Gasteiger partial charge in [-0.15, -0.1) is 0 Å². The van der Waals surface area contributed by atoms with Crippen molar-refractivity contribution in [3.05, 3.63) is 53.1 Å². The van der Waals surface area contributed by atoms with Crippen LogP contribution in [0.1, 0.15) is 12.0 Å². The van der Waals surface area contributed by atoms with Gasteiger partial charge in [-0.1, -0.05) is 11.6 Å². The maximum absolute atomic E-state index is 13.5. The first-order chi connectivity index (χ1) is 15.1. The molecule has 0 bridgehead atoms. The molecule has 3 heterocycles. The predicted octanol–water partition coefficient (Wildman–Crippen LogP) is 4.17. The number of rotatable bonds is 7. The Morgan fingerprint density at radius 3 is 2.81 bits per heavy atom. The lowest BCUT2D eigenvalue weighted by molar-refractivity contribution is 0.0378. The fourth-order valence-corrected chi connectivity index (χ4v) is 3.65. The number of pyridine rings is 2. The van der Waals surface area contributed by atoms with Gasteiger partial charge in [-0.25, -0.2) is 9.37 Å². The summed E-state index contributed by atoms with van der Waals surface area (Å²) in [5.74, 6) is 0.201. The second-order valence-electron chi connectivity index (χ2n) is 7.23. The van der Waals surface area contributed by atoms with E-state index in [1.807, 2.05) is 6.07 Å². The van der Waals surface area contributed by atoms with Crippen molar-refractivity contribution in [3.63, 3.8) is 0 Å². The Labute approximate surface area is 184 Å². The maximum atomic E-state index is 13.5. The van der Waals surface area contributed by atoms with Crippen molar-refractivity contribution in [1.82, 2.24) is 14.9 Å². The number of fused-ring (bicyclic) bond motifs is 1. The van der Waals surface area contributed by atoms with Crippen LogP contribution in [0.2, 0.25) is 5.02 Å². The van der Waals surface area contributed by atoms with Crippen molar-refractivity contribution in [1.29, 1.82) is 5.26 Å². The Hall–Kier alpha value is -2.99. The zero-order chi connectivity index (χ0) is 21.6. The predicted molar refractivity (Wildman–Crippen MR) is 119 cm³/mol. The number of hydrogen-bond donors (Lipinski definition) is 2. The normalized spacial score (nSPS) is 14.4. The van der Waals surface area contributed by atoms with Gasteiger partial charge in [0.15, 0.2) is 0 Å². The number of nitriles is 1. The van der Waals surface area contributed by atoms with Crippen LogP contribution in [0.4, 0.5) is 21.6 Å². The number of morpholine rings is 1. The highest BCUT2D eigenvalue weighted by atomic mass is 35.5. The molecule has 1 aromatic carbocycles. The lowest BCUT2D eigenvalue weighted by atomic mass is 10.1. The average molecular weight is 441 g/mol. The molecule has 1 fully saturated rings. The molecule has 160 valence electrons. The summed E-state index contributed by atoms with van der Waals surface area (Å²) in [6.07, 6.45) is 4.14. The smallest absolute Gasteiger partial charge is 0.141 e. The highest BCUT2D eigenvalue weighted by Crippen LogP contribution is 2.31. The topological polar surface area (TPSA) is 86.1 Å². The van der Waals surface area contributed by atoms with Gasteiger partial charge in [0.2, 0.25) is 0 Å². The molecule has 7 nitrogen and oxygen atoms in total. The zero-order valence-corrected chi connectivity index (χ0v) is 17.6. The zero-order valence-electron chi connectivity index (χ0n) is 16.9. The van der Waals surface area contributed by atoms with E-state index in [9.17, 15) is 9.65 Å². The SMILES string of the molecule is N#Cc1cnc2cnc(NCCCN3CCOCC3)cc2c1Nc1ccc(F)c(Cl)c1. The molecular weight excluding hydrogens is 419 g/mol. The lowest BCUT2D eigenvalue weighted by Gasteiger charge is -2.26. The number of hydrogen-bond acceptors (Lipinski definition) is 7. The molecule has 0 saturated carbocycles. The van der Waals surface area contributed by atoms with Crippen LogP contribution in [0.25, 0.3) is 10.9 Å². The van der Waals surface area contributed by atoms with E-state index in [-0.39, 0.29) is 5.02 Å². The number of halogens is 2.